The number of likely N-dealkylation sites (tertiary alicyclic amines) is 2. The maximum Gasteiger partial charge on any atom is 0.320 e. The summed E-state index contributed by atoms with van der Waals surface area (Å²) in [7, 11) is 0. The minimum absolute atomic E-state index is 0.118. The fourth-order valence-corrected chi connectivity index (χ4v) is 4.53. The molecule has 6 heteroatoms. The molecule has 2 aliphatic rings. The van der Waals surface area contributed by atoms with Gasteiger partial charge in [0.15, 0.2) is 0 Å². The summed E-state index contributed by atoms with van der Waals surface area (Å²) in [6.07, 6.45) is 4.61. The molecule has 2 saturated heterocycles. The van der Waals surface area contributed by atoms with Crippen LogP contribution in [0.4, 0.5) is 0 Å². The van der Waals surface area contributed by atoms with Crippen molar-refractivity contribution in [2.24, 2.45) is 5.73 Å². The van der Waals surface area contributed by atoms with Crippen LogP contribution in [0.25, 0.3) is 0 Å². The van der Waals surface area contributed by atoms with Crippen LogP contribution in [0.1, 0.15) is 63.5 Å². The maximum absolute atomic E-state index is 12.0. The summed E-state index contributed by atoms with van der Waals surface area (Å²) in [5, 5.41) is 7.52. The molecule has 160 valence electrons. The lowest BCUT2D eigenvalue weighted by molar-refractivity contribution is -0.156. The Morgan fingerprint density at radius 3 is 2.17 bits per heavy atom. The number of piperidine rings is 2. The van der Waals surface area contributed by atoms with Crippen LogP contribution < -0.4 is 5.73 Å². The van der Waals surface area contributed by atoms with Gasteiger partial charge < -0.3 is 15.4 Å². The van der Waals surface area contributed by atoms with Crippen LogP contribution in [-0.4, -0.2) is 66.0 Å². The lowest BCUT2D eigenvalue weighted by atomic mass is 9.87. The molecule has 0 aliphatic carbocycles. The quantitative estimate of drug-likeness (QED) is 0.451. The average molecular weight is 401 g/mol. The molecule has 2 aliphatic heterocycles. The molecule has 0 aromatic heterocycles. The summed E-state index contributed by atoms with van der Waals surface area (Å²) in [5.41, 5.74) is 7.30. The summed E-state index contributed by atoms with van der Waals surface area (Å²) in [5.74, 6) is 0.608. The van der Waals surface area contributed by atoms with E-state index in [0.29, 0.717) is 18.5 Å². The minimum atomic E-state index is -0.411. The fourth-order valence-electron chi connectivity index (χ4n) is 4.53. The van der Waals surface area contributed by atoms with Gasteiger partial charge in [0, 0.05) is 24.7 Å². The molecular weight excluding hydrogens is 364 g/mol. The summed E-state index contributed by atoms with van der Waals surface area (Å²) in [6, 6.07) is 8.82. The molecule has 2 fully saturated rings. The number of nitrogens with zero attached hydrogens (tertiary/aromatic N) is 2. The molecule has 3 N–H and O–H groups in total. The first-order valence-electron chi connectivity index (χ1n) is 10.8. The SMILES string of the molecule is CC(C)(C)OC(=O)CN1CCC(N2CCC(c3ccc(C(=N)N)cc3)CC2)CC1. The highest BCUT2D eigenvalue weighted by Crippen LogP contribution is 2.30. The molecule has 0 unspecified atom stereocenters. The van der Waals surface area contributed by atoms with Crippen molar-refractivity contribution in [3.05, 3.63) is 35.4 Å². The van der Waals surface area contributed by atoms with Crippen LogP contribution in [-0.2, 0) is 9.53 Å². The van der Waals surface area contributed by atoms with Crippen molar-refractivity contribution in [1.82, 2.24) is 9.80 Å². The molecule has 0 saturated carbocycles. The number of hydrogen-bond acceptors (Lipinski definition) is 5. The van der Waals surface area contributed by atoms with Gasteiger partial charge in [-0.3, -0.25) is 15.1 Å². The van der Waals surface area contributed by atoms with Crippen molar-refractivity contribution >= 4 is 11.8 Å². The Hall–Kier alpha value is -1.92. The van der Waals surface area contributed by atoms with Gasteiger partial charge in [0.1, 0.15) is 11.4 Å². The zero-order valence-corrected chi connectivity index (χ0v) is 18.1. The van der Waals surface area contributed by atoms with Gasteiger partial charge >= 0.3 is 5.97 Å². The molecule has 0 bridgehead atoms. The number of amidine groups is 1. The number of ether oxygens (including phenoxy) is 1. The number of esters is 1. The Morgan fingerprint density at radius 1 is 1.07 bits per heavy atom. The predicted octanol–water partition coefficient (Wildman–Crippen LogP) is 2.96. The van der Waals surface area contributed by atoms with E-state index in [0.717, 1.165) is 44.6 Å². The zero-order valence-electron chi connectivity index (χ0n) is 18.1. The number of nitrogens with two attached hydrogens (primary N) is 1. The molecule has 0 radical (unpaired) electrons. The highest BCUT2D eigenvalue weighted by molar-refractivity contribution is 5.94. The smallest absolute Gasteiger partial charge is 0.320 e. The largest absolute Gasteiger partial charge is 0.459 e. The number of carbonyl (C=O) groups excluding carboxylic acids is 1. The Bertz CT molecular complexity index is 695. The third-order valence-corrected chi connectivity index (χ3v) is 6.07. The van der Waals surface area contributed by atoms with Crippen molar-refractivity contribution in [3.8, 4) is 0 Å². The highest BCUT2D eigenvalue weighted by Gasteiger charge is 2.29. The molecule has 1 aromatic rings. The second kappa shape index (κ2) is 9.26. The van der Waals surface area contributed by atoms with E-state index < -0.39 is 5.60 Å². The lowest BCUT2D eigenvalue weighted by Crippen LogP contribution is -2.48. The van der Waals surface area contributed by atoms with E-state index in [9.17, 15) is 4.79 Å². The number of hydrogen-bond donors (Lipinski definition) is 2. The van der Waals surface area contributed by atoms with Gasteiger partial charge in [0.25, 0.3) is 0 Å². The molecule has 0 amide bonds. The van der Waals surface area contributed by atoms with Gasteiger partial charge in [-0.2, -0.15) is 0 Å². The summed E-state index contributed by atoms with van der Waals surface area (Å²) in [6.45, 7) is 10.4. The van der Waals surface area contributed by atoms with Crippen LogP contribution in [0.3, 0.4) is 0 Å². The molecule has 29 heavy (non-hydrogen) atoms. The van der Waals surface area contributed by atoms with E-state index in [1.165, 1.54) is 18.4 Å². The molecule has 2 heterocycles. The maximum atomic E-state index is 12.0. The third kappa shape index (κ3) is 6.28. The summed E-state index contributed by atoms with van der Waals surface area (Å²) in [4.78, 5) is 16.9. The molecule has 6 nitrogen and oxygen atoms in total. The van der Waals surface area contributed by atoms with Crippen molar-refractivity contribution in [2.75, 3.05) is 32.7 Å². The second-order valence-corrected chi connectivity index (χ2v) is 9.44. The van der Waals surface area contributed by atoms with Crippen LogP contribution in [0.15, 0.2) is 24.3 Å². The van der Waals surface area contributed by atoms with E-state index in [-0.39, 0.29) is 11.8 Å². The van der Waals surface area contributed by atoms with E-state index >= 15 is 0 Å². The van der Waals surface area contributed by atoms with Gasteiger partial charge in [-0.1, -0.05) is 24.3 Å². The van der Waals surface area contributed by atoms with Gasteiger partial charge in [-0.05, 0) is 71.0 Å². The van der Waals surface area contributed by atoms with Crippen molar-refractivity contribution in [2.45, 2.75) is 64.0 Å². The molecule has 1 aromatic carbocycles. The number of benzene rings is 1. The van der Waals surface area contributed by atoms with Crippen molar-refractivity contribution < 1.29 is 9.53 Å². The third-order valence-electron chi connectivity index (χ3n) is 6.07. The Balaban J connectivity index is 1.42. The van der Waals surface area contributed by atoms with E-state index in [2.05, 4.69) is 21.9 Å². The highest BCUT2D eigenvalue weighted by atomic mass is 16.6. The monoisotopic (exact) mass is 400 g/mol. The van der Waals surface area contributed by atoms with E-state index in [1.54, 1.807) is 0 Å². The van der Waals surface area contributed by atoms with Gasteiger partial charge in [-0.25, -0.2) is 0 Å². The number of nitrogens with one attached hydrogen (secondary N) is 1. The normalized spacial score (nSPS) is 20.5. The van der Waals surface area contributed by atoms with Crippen LogP contribution in [0.5, 0.6) is 0 Å². The standard InChI is InChI=1S/C23H36N4O2/c1-23(2,3)29-21(28)16-26-12-10-20(11-13-26)27-14-8-18(9-15-27)17-4-6-19(7-5-17)22(24)25/h4-7,18,20H,8-16H2,1-3H3,(H3,24,25). The molecule has 3 rings (SSSR count). The minimum Gasteiger partial charge on any atom is -0.459 e. The van der Waals surface area contributed by atoms with Gasteiger partial charge in [0.2, 0.25) is 0 Å². The average Bonchev–Trinajstić information content (AvgIpc) is 2.67. The fraction of sp³-hybridized carbons (Fsp3) is 0.652. The summed E-state index contributed by atoms with van der Waals surface area (Å²) < 4.78 is 5.45. The van der Waals surface area contributed by atoms with Crippen molar-refractivity contribution in [1.29, 1.82) is 5.41 Å². The van der Waals surface area contributed by atoms with Crippen LogP contribution >= 0.6 is 0 Å². The van der Waals surface area contributed by atoms with Crippen LogP contribution in [0.2, 0.25) is 0 Å². The lowest BCUT2D eigenvalue weighted by Gasteiger charge is -2.41. The first kappa shape index (κ1) is 21.8. The summed E-state index contributed by atoms with van der Waals surface area (Å²) >= 11 is 0. The van der Waals surface area contributed by atoms with Gasteiger partial charge in [0.05, 0.1) is 6.54 Å². The van der Waals surface area contributed by atoms with E-state index in [4.69, 9.17) is 15.9 Å². The van der Waals surface area contributed by atoms with Gasteiger partial charge in [-0.15, -0.1) is 0 Å². The topological polar surface area (TPSA) is 82.7 Å². The van der Waals surface area contributed by atoms with E-state index in [1.807, 2.05) is 32.9 Å². The Kier molecular flexibility index (Phi) is 6.96. The first-order chi connectivity index (χ1) is 13.7. The van der Waals surface area contributed by atoms with Crippen molar-refractivity contribution in [3.63, 3.8) is 0 Å². The zero-order chi connectivity index (χ0) is 21.0. The molecule has 0 spiro atoms. The molecule has 0 atom stereocenters. The second-order valence-electron chi connectivity index (χ2n) is 9.44. The number of carbonyl (C=O) groups is 1. The predicted molar refractivity (Wildman–Crippen MR) is 116 cm³/mol. The Morgan fingerprint density at radius 2 is 1.66 bits per heavy atom. The van der Waals surface area contributed by atoms with Crippen LogP contribution in [0, 0.1) is 5.41 Å². The first-order valence-corrected chi connectivity index (χ1v) is 10.8. The Labute approximate surface area is 174 Å². The number of rotatable bonds is 5. The molecular formula is C23H36N4O2. The number of nitrogen functional groups attached to an aromatic ring is 1.